The summed E-state index contributed by atoms with van der Waals surface area (Å²) >= 11 is 0. The highest BCUT2D eigenvalue weighted by atomic mass is 16.4. The van der Waals surface area contributed by atoms with E-state index < -0.39 is 5.97 Å². The summed E-state index contributed by atoms with van der Waals surface area (Å²) < 4.78 is 0. The molecule has 1 aromatic rings. The summed E-state index contributed by atoms with van der Waals surface area (Å²) in [5, 5.41) is 11.6. The van der Waals surface area contributed by atoms with Crippen molar-refractivity contribution in [3.05, 3.63) is 23.8 Å². The minimum absolute atomic E-state index is 0.158. The number of fused-ring (bicyclic) bond motifs is 2. The lowest BCUT2D eigenvalue weighted by Gasteiger charge is -2.21. The van der Waals surface area contributed by atoms with Crippen molar-refractivity contribution in [3.8, 4) is 0 Å². The van der Waals surface area contributed by atoms with E-state index in [1.807, 2.05) is 0 Å². The first-order chi connectivity index (χ1) is 9.63. The van der Waals surface area contributed by atoms with Gasteiger partial charge in [0.2, 0.25) is 0 Å². The van der Waals surface area contributed by atoms with E-state index >= 15 is 0 Å². The van der Waals surface area contributed by atoms with Gasteiger partial charge in [0, 0.05) is 6.54 Å². The number of carbonyl (C=O) groups is 2. The van der Waals surface area contributed by atoms with Crippen molar-refractivity contribution in [2.75, 3.05) is 6.54 Å². The van der Waals surface area contributed by atoms with Crippen LogP contribution in [0.15, 0.2) is 12.4 Å². The standard InChI is InChI=1S/C14H17N3O3/c18-13(11-6-16-12(7-15-11)14(19)20)17-5-10-4-8-1-2-9(10)3-8/h6-10H,1-5H2,(H,17,18)(H,19,20). The molecule has 2 N–H and O–H groups in total. The van der Waals surface area contributed by atoms with Gasteiger partial charge in [0.15, 0.2) is 5.69 Å². The largest absolute Gasteiger partial charge is 0.476 e. The Morgan fingerprint density at radius 3 is 2.50 bits per heavy atom. The number of aromatic carboxylic acids is 1. The van der Waals surface area contributed by atoms with Gasteiger partial charge in [-0.3, -0.25) is 4.79 Å². The Morgan fingerprint density at radius 2 is 1.95 bits per heavy atom. The van der Waals surface area contributed by atoms with E-state index in [0.717, 1.165) is 18.0 Å². The fourth-order valence-corrected chi connectivity index (χ4v) is 3.50. The number of carbonyl (C=O) groups excluding carboxylic acids is 1. The molecule has 106 valence electrons. The Balaban J connectivity index is 1.55. The average molecular weight is 275 g/mol. The Kier molecular flexibility index (Phi) is 3.38. The summed E-state index contributed by atoms with van der Waals surface area (Å²) in [7, 11) is 0. The van der Waals surface area contributed by atoms with E-state index in [9.17, 15) is 9.59 Å². The molecule has 3 unspecified atom stereocenters. The van der Waals surface area contributed by atoms with Crippen LogP contribution in [0.2, 0.25) is 0 Å². The predicted molar refractivity (Wildman–Crippen MR) is 70.3 cm³/mol. The van der Waals surface area contributed by atoms with Gasteiger partial charge in [-0.1, -0.05) is 6.42 Å². The highest BCUT2D eigenvalue weighted by molar-refractivity contribution is 5.92. The van der Waals surface area contributed by atoms with Crippen molar-refractivity contribution in [2.45, 2.75) is 25.7 Å². The normalized spacial score (nSPS) is 27.5. The number of amides is 1. The predicted octanol–water partition coefficient (Wildman–Crippen LogP) is 1.34. The van der Waals surface area contributed by atoms with Crippen LogP contribution in [-0.2, 0) is 0 Å². The first kappa shape index (κ1) is 13.0. The fraction of sp³-hybridized carbons (Fsp3) is 0.571. The number of aromatic nitrogens is 2. The van der Waals surface area contributed by atoms with E-state index in [4.69, 9.17) is 5.11 Å². The number of carboxylic acid groups (broad SMARTS) is 1. The smallest absolute Gasteiger partial charge is 0.356 e. The molecule has 2 aliphatic carbocycles. The summed E-state index contributed by atoms with van der Waals surface area (Å²) in [5.41, 5.74) is 0.00723. The molecule has 0 aromatic carbocycles. The Morgan fingerprint density at radius 1 is 1.20 bits per heavy atom. The molecule has 0 saturated heterocycles. The first-order valence-corrected chi connectivity index (χ1v) is 6.97. The SMILES string of the molecule is O=C(O)c1cnc(C(=O)NCC2CC3CCC2C3)cn1. The number of hydrogen-bond acceptors (Lipinski definition) is 4. The molecule has 2 aliphatic rings. The van der Waals surface area contributed by atoms with Gasteiger partial charge < -0.3 is 10.4 Å². The van der Waals surface area contributed by atoms with Crippen molar-refractivity contribution in [1.29, 1.82) is 0 Å². The van der Waals surface area contributed by atoms with Gasteiger partial charge in [-0.2, -0.15) is 0 Å². The summed E-state index contributed by atoms with van der Waals surface area (Å²) in [6.45, 7) is 0.683. The molecule has 1 aromatic heterocycles. The molecule has 3 rings (SSSR count). The van der Waals surface area contributed by atoms with Crippen molar-refractivity contribution in [2.24, 2.45) is 17.8 Å². The molecule has 0 radical (unpaired) electrons. The number of carboxylic acids is 1. The number of nitrogens with zero attached hydrogens (tertiary/aromatic N) is 2. The molecule has 1 amide bonds. The van der Waals surface area contributed by atoms with Gasteiger partial charge in [-0.05, 0) is 37.0 Å². The van der Waals surface area contributed by atoms with Crippen LogP contribution in [0.3, 0.4) is 0 Å². The van der Waals surface area contributed by atoms with E-state index in [1.165, 1.54) is 31.9 Å². The molecule has 2 saturated carbocycles. The van der Waals surface area contributed by atoms with Crippen molar-refractivity contribution in [3.63, 3.8) is 0 Å². The summed E-state index contributed by atoms with van der Waals surface area (Å²) in [6, 6.07) is 0. The molecular formula is C14H17N3O3. The summed E-state index contributed by atoms with van der Waals surface area (Å²) in [5.74, 6) is 0.782. The zero-order chi connectivity index (χ0) is 14.1. The van der Waals surface area contributed by atoms with Crippen molar-refractivity contribution < 1.29 is 14.7 Å². The quantitative estimate of drug-likeness (QED) is 0.865. The third-order valence-corrected chi connectivity index (χ3v) is 4.51. The highest BCUT2D eigenvalue weighted by Crippen LogP contribution is 2.47. The van der Waals surface area contributed by atoms with Crippen LogP contribution in [-0.4, -0.2) is 33.5 Å². The molecule has 2 fully saturated rings. The van der Waals surface area contributed by atoms with Crippen LogP contribution in [0, 0.1) is 17.8 Å². The van der Waals surface area contributed by atoms with E-state index in [2.05, 4.69) is 15.3 Å². The maximum atomic E-state index is 11.9. The molecule has 3 atom stereocenters. The lowest BCUT2D eigenvalue weighted by atomic mass is 9.89. The fourth-order valence-electron chi connectivity index (χ4n) is 3.50. The Bertz CT molecular complexity index is 529. The second kappa shape index (κ2) is 5.19. The highest BCUT2D eigenvalue weighted by Gasteiger charge is 2.39. The van der Waals surface area contributed by atoms with Gasteiger partial charge in [-0.25, -0.2) is 14.8 Å². The van der Waals surface area contributed by atoms with Crippen LogP contribution < -0.4 is 5.32 Å². The molecule has 2 bridgehead atoms. The van der Waals surface area contributed by atoms with E-state index in [1.54, 1.807) is 0 Å². The van der Waals surface area contributed by atoms with Gasteiger partial charge in [0.25, 0.3) is 5.91 Å². The average Bonchev–Trinajstić information content (AvgIpc) is 3.07. The molecule has 6 nitrogen and oxygen atoms in total. The second-order valence-corrected chi connectivity index (χ2v) is 5.74. The Labute approximate surface area is 116 Å². The van der Waals surface area contributed by atoms with Gasteiger partial charge >= 0.3 is 5.97 Å². The van der Waals surface area contributed by atoms with Crippen LogP contribution in [0.5, 0.6) is 0 Å². The minimum Gasteiger partial charge on any atom is -0.476 e. The second-order valence-electron chi connectivity index (χ2n) is 5.74. The third-order valence-electron chi connectivity index (χ3n) is 4.51. The molecule has 20 heavy (non-hydrogen) atoms. The molecule has 1 heterocycles. The maximum Gasteiger partial charge on any atom is 0.356 e. The summed E-state index contributed by atoms with van der Waals surface area (Å²) in [4.78, 5) is 30.1. The number of nitrogens with one attached hydrogen (secondary N) is 1. The first-order valence-electron chi connectivity index (χ1n) is 6.97. The van der Waals surface area contributed by atoms with Crippen LogP contribution in [0.25, 0.3) is 0 Å². The van der Waals surface area contributed by atoms with Gasteiger partial charge in [0.1, 0.15) is 5.69 Å². The number of rotatable bonds is 4. The van der Waals surface area contributed by atoms with Crippen LogP contribution >= 0.6 is 0 Å². The zero-order valence-corrected chi connectivity index (χ0v) is 11.1. The minimum atomic E-state index is -1.15. The van der Waals surface area contributed by atoms with Crippen LogP contribution in [0.1, 0.15) is 46.7 Å². The summed E-state index contributed by atoms with van der Waals surface area (Å²) in [6.07, 6.45) is 7.48. The van der Waals surface area contributed by atoms with Gasteiger partial charge in [-0.15, -0.1) is 0 Å². The molecule has 0 aliphatic heterocycles. The molecule has 0 spiro atoms. The lowest BCUT2D eigenvalue weighted by Crippen LogP contribution is -2.32. The van der Waals surface area contributed by atoms with Gasteiger partial charge in [0.05, 0.1) is 12.4 Å². The van der Waals surface area contributed by atoms with E-state index in [-0.39, 0.29) is 17.3 Å². The van der Waals surface area contributed by atoms with E-state index in [0.29, 0.717) is 12.5 Å². The van der Waals surface area contributed by atoms with Crippen molar-refractivity contribution in [1.82, 2.24) is 15.3 Å². The lowest BCUT2D eigenvalue weighted by molar-refractivity contribution is 0.0689. The third kappa shape index (κ3) is 2.50. The molecule has 6 heteroatoms. The van der Waals surface area contributed by atoms with Crippen molar-refractivity contribution >= 4 is 11.9 Å². The monoisotopic (exact) mass is 275 g/mol. The van der Waals surface area contributed by atoms with Crippen LogP contribution in [0.4, 0.5) is 0 Å². The topological polar surface area (TPSA) is 92.2 Å². The Hall–Kier alpha value is -1.98. The zero-order valence-electron chi connectivity index (χ0n) is 11.1. The maximum absolute atomic E-state index is 11.9. The molecular weight excluding hydrogens is 258 g/mol. The number of hydrogen-bond donors (Lipinski definition) is 2.